The number of nitrogens with zero attached hydrogens (tertiary/aromatic N) is 2. The molecule has 2 N–H and O–H groups in total. The van der Waals surface area contributed by atoms with Gasteiger partial charge in [-0.2, -0.15) is 5.26 Å². The Bertz CT molecular complexity index is 2000. The number of aryl methyl sites for hydroxylation is 1. The quantitative estimate of drug-likeness (QED) is 0.254. The van der Waals surface area contributed by atoms with Crippen molar-refractivity contribution in [3.05, 3.63) is 120 Å². The Kier molecular flexibility index (Phi) is 5.52. The highest BCUT2D eigenvalue weighted by Crippen LogP contribution is 2.43. The number of rotatable bonds is 4. The van der Waals surface area contributed by atoms with E-state index < -0.39 is 10.0 Å². The summed E-state index contributed by atoms with van der Waals surface area (Å²) in [5, 5.41) is 11.5. The Morgan fingerprint density at radius 1 is 0.737 bits per heavy atom. The second-order valence-electron chi connectivity index (χ2n) is 9.23. The maximum Gasteiger partial charge on any atom is 0.268 e. The molecule has 6 rings (SSSR count). The summed E-state index contributed by atoms with van der Waals surface area (Å²) < 4.78 is 29.5. The number of hydrogen-bond donors (Lipinski definition) is 1. The van der Waals surface area contributed by atoms with Gasteiger partial charge in [0, 0.05) is 16.3 Å². The molecule has 0 saturated carbocycles. The first-order chi connectivity index (χ1) is 18.4. The molecule has 38 heavy (non-hydrogen) atoms. The van der Waals surface area contributed by atoms with Crippen molar-refractivity contribution in [1.82, 2.24) is 3.97 Å². The molecule has 0 radical (unpaired) electrons. The number of nitriles is 1. The van der Waals surface area contributed by atoms with Gasteiger partial charge in [0.15, 0.2) is 0 Å². The van der Waals surface area contributed by atoms with Crippen LogP contribution in [-0.4, -0.2) is 12.4 Å². The van der Waals surface area contributed by atoms with Crippen LogP contribution in [0.1, 0.15) is 11.1 Å². The molecule has 184 valence electrons. The third kappa shape index (κ3) is 3.56. The van der Waals surface area contributed by atoms with Crippen molar-refractivity contribution in [1.29, 1.82) is 5.26 Å². The van der Waals surface area contributed by atoms with E-state index >= 15 is 0 Å². The van der Waals surface area contributed by atoms with E-state index in [0.717, 1.165) is 22.3 Å². The number of aromatic nitrogens is 1. The summed E-state index contributed by atoms with van der Waals surface area (Å²) in [6, 6.07) is 35.8. The molecule has 0 unspecified atom stereocenters. The number of nitrogen functional groups attached to an aromatic ring is 1. The zero-order chi connectivity index (χ0) is 26.4. The fourth-order valence-corrected chi connectivity index (χ4v) is 6.63. The van der Waals surface area contributed by atoms with Gasteiger partial charge in [-0.1, -0.05) is 90.5 Å². The van der Waals surface area contributed by atoms with Crippen molar-refractivity contribution < 1.29 is 8.42 Å². The van der Waals surface area contributed by atoms with E-state index in [1.54, 1.807) is 42.5 Å². The minimum Gasteiger partial charge on any atom is -0.397 e. The molecule has 5 aromatic carbocycles. The van der Waals surface area contributed by atoms with Crippen LogP contribution in [0.5, 0.6) is 0 Å². The molecule has 0 bridgehead atoms. The average molecular weight is 514 g/mol. The highest BCUT2D eigenvalue weighted by molar-refractivity contribution is 7.90. The van der Waals surface area contributed by atoms with Crippen molar-refractivity contribution >= 4 is 37.5 Å². The Labute approximate surface area is 221 Å². The molecular weight excluding hydrogens is 490 g/mol. The first-order valence-electron chi connectivity index (χ1n) is 12.1. The van der Waals surface area contributed by atoms with Gasteiger partial charge in [-0.05, 0) is 47.9 Å². The monoisotopic (exact) mass is 513 g/mol. The molecule has 0 fully saturated rings. The van der Waals surface area contributed by atoms with Crippen LogP contribution in [0.3, 0.4) is 0 Å². The lowest BCUT2D eigenvalue weighted by molar-refractivity contribution is 0.590. The van der Waals surface area contributed by atoms with Crippen LogP contribution in [0.2, 0.25) is 0 Å². The van der Waals surface area contributed by atoms with E-state index in [0.29, 0.717) is 32.9 Å². The first kappa shape index (κ1) is 23.5. The minimum atomic E-state index is -3.98. The van der Waals surface area contributed by atoms with Crippen LogP contribution in [0.25, 0.3) is 44.1 Å². The molecule has 5 nitrogen and oxygen atoms in total. The zero-order valence-electron chi connectivity index (χ0n) is 20.6. The maximum atomic E-state index is 14.1. The van der Waals surface area contributed by atoms with Crippen LogP contribution >= 0.6 is 0 Å². The number of benzene rings is 5. The highest BCUT2D eigenvalue weighted by Gasteiger charge is 2.27. The molecular formula is C32H23N3O2S. The van der Waals surface area contributed by atoms with Gasteiger partial charge in [-0.15, -0.1) is 0 Å². The van der Waals surface area contributed by atoms with Crippen molar-refractivity contribution in [2.75, 3.05) is 5.73 Å². The average Bonchev–Trinajstić information content (AvgIpc) is 3.29. The third-order valence-corrected chi connectivity index (χ3v) is 8.67. The van der Waals surface area contributed by atoms with Crippen molar-refractivity contribution in [2.45, 2.75) is 11.8 Å². The maximum absolute atomic E-state index is 14.1. The van der Waals surface area contributed by atoms with Gasteiger partial charge < -0.3 is 5.73 Å². The SMILES string of the molecule is Cc1ccc(S(=O)(=O)n2c3ccccc3c3c(N)c(C#N)c(-c4ccccc4-c4ccccc4)cc32)cc1. The number of para-hydroxylation sites is 1. The minimum absolute atomic E-state index is 0.180. The van der Waals surface area contributed by atoms with Crippen LogP contribution in [0.4, 0.5) is 5.69 Å². The lowest BCUT2D eigenvalue weighted by Gasteiger charge is -2.15. The van der Waals surface area contributed by atoms with Crippen LogP contribution in [0.15, 0.2) is 114 Å². The van der Waals surface area contributed by atoms with E-state index in [2.05, 4.69) is 6.07 Å². The summed E-state index contributed by atoms with van der Waals surface area (Å²) in [6.45, 7) is 1.91. The van der Waals surface area contributed by atoms with Gasteiger partial charge in [0.05, 0.1) is 27.2 Å². The Morgan fingerprint density at radius 2 is 1.37 bits per heavy atom. The topological polar surface area (TPSA) is 88.9 Å². The predicted molar refractivity (Wildman–Crippen MR) is 153 cm³/mol. The predicted octanol–water partition coefficient (Wildman–Crippen LogP) is 7.13. The molecule has 0 saturated heterocycles. The molecule has 0 aliphatic heterocycles. The summed E-state index contributed by atoms with van der Waals surface area (Å²) in [7, 11) is -3.98. The van der Waals surface area contributed by atoms with E-state index in [1.807, 2.05) is 73.7 Å². The first-order valence-corrected chi connectivity index (χ1v) is 13.6. The van der Waals surface area contributed by atoms with Crippen LogP contribution in [-0.2, 0) is 10.0 Å². The fraction of sp³-hybridized carbons (Fsp3) is 0.0312. The molecule has 6 aromatic rings. The molecule has 1 heterocycles. The molecule has 6 heteroatoms. The highest BCUT2D eigenvalue weighted by atomic mass is 32.2. The Balaban J connectivity index is 1.75. The Hall–Kier alpha value is -4.86. The van der Waals surface area contributed by atoms with Crippen LogP contribution < -0.4 is 5.73 Å². The number of anilines is 1. The van der Waals surface area contributed by atoms with Gasteiger partial charge in [-0.3, -0.25) is 0 Å². The van der Waals surface area contributed by atoms with Crippen LogP contribution in [0, 0.1) is 18.3 Å². The van der Waals surface area contributed by atoms with Gasteiger partial charge in [0.25, 0.3) is 10.0 Å². The second-order valence-corrected chi connectivity index (χ2v) is 11.0. The molecule has 0 aliphatic carbocycles. The molecule has 0 atom stereocenters. The summed E-state index contributed by atoms with van der Waals surface area (Å²) in [6.07, 6.45) is 0. The summed E-state index contributed by atoms with van der Waals surface area (Å²) in [4.78, 5) is 0.180. The summed E-state index contributed by atoms with van der Waals surface area (Å²) in [5.74, 6) is 0. The lowest BCUT2D eigenvalue weighted by Crippen LogP contribution is -2.13. The fourth-order valence-electron chi connectivity index (χ4n) is 5.12. The molecule has 0 amide bonds. The smallest absolute Gasteiger partial charge is 0.268 e. The third-order valence-electron chi connectivity index (χ3n) is 6.93. The molecule has 0 aliphatic rings. The van der Waals surface area contributed by atoms with Gasteiger partial charge in [0.1, 0.15) is 6.07 Å². The van der Waals surface area contributed by atoms with Gasteiger partial charge in [-0.25, -0.2) is 12.4 Å². The van der Waals surface area contributed by atoms with Crippen molar-refractivity contribution in [3.8, 4) is 28.3 Å². The largest absolute Gasteiger partial charge is 0.397 e. The number of nitrogens with two attached hydrogens (primary N) is 1. The normalized spacial score (nSPS) is 11.6. The van der Waals surface area contributed by atoms with E-state index in [9.17, 15) is 13.7 Å². The van der Waals surface area contributed by atoms with Gasteiger partial charge >= 0.3 is 0 Å². The second kappa shape index (κ2) is 8.91. The Morgan fingerprint density at radius 3 is 2.08 bits per heavy atom. The summed E-state index contributed by atoms with van der Waals surface area (Å²) in [5.41, 5.74) is 12.5. The standard InChI is InChI=1S/C32H23N3O2S/c1-21-15-17-23(18-16-21)38(36,37)35-29-14-8-7-13-26(29)31-30(35)19-27(28(20-33)32(31)34)25-12-6-5-11-24(25)22-9-3-2-4-10-22/h2-19H,34H2,1H3. The van der Waals surface area contributed by atoms with Gasteiger partial charge in [0.2, 0.25) is 0 Å². The van der Waals surface area contributed by atoms with Crippen molar-refractivity contribution in [2.24, 2.45) is 0 Å². The number of fused-ring (bicyclic) bond motifs is 3. The summed E-state index contributed by atoms with van der Waals surface area (Å²) >= 11 is 0. The number of hydrogen-bond acceptors (Lipinski definition) is 4. The molecule has 0 spiro atoms. The van der Waals surface area contributed by atoms with E-state index in [1.165, 1.54) is 3.97 Å². The van der Waals surface area contributed by atoms with E-state index in [4.69, 9.17) is 5.73 Å². The van der Waals surface area contributed by atoms with Crippen molar-refractivity contribution in [3.63, 3.8) is 0 Å². The zero-order valence-corrected chi connectivity index (χ0v) is 21.4. The van der Waals surface area contributed by atoms with E-state index in [-0.39, 0.29) is 10.6 Å². The lowest BCUT2D eigenvalue weighted by atomic mass is 9.90. The molecule has 1 aromatic heterocycles.